The number of carbonyl (C=O) groups is 3. The molecule has 0 atom stereocenters. The first-order valence-corrected chi connectivity index (χ1v) is 6.34. The molecule has 1 aliphatic heterocycles. The molecule has 6 nitrogen and oxygen atoms in total. The topological polar surface area (TPSA) is 75.7 Å². The van der Waals surface area contributed by atoms with Crippen molar-refractivity contribution in [1.29, 1.82) is 0 Å². The van der Waals surface area contributed by atoms with E-state index in [9.17, 15) is 14.4 Å². The van der Waals surface area contributed by atoms with E-state index in [1.165, 1.54) is 12.0 Å². The molecule has 0 bridgehead atoms. The van der Waals surface area contributed by atoms with Crippen LogP contribution in [0.3, 0.4) is 0 Å². The highest BCUT2D eigenvalue weighted by molar-refractivity contribution is 6.02. The van der Waals surface area contributed by atoms with Crippen molar-refractivity contribution in [3.05, 3.63) is 29.3 Å². The number of nitrogens with zero attached hydrogens (tertiary/aromatic N) is 1. The second-order valence-electron chi connectivity index (χ2n) is 4.49. The maximum atomic E-state index is 12.3. The average molecular weight is 276 g/mol. The van der Waals surface area contributed by atoms with Crippen molar-refractivity contribution in [2.75, 3.05) is 25.5 Å². The fourth-order valence-electron chi connectivity index (χ4n) is 2.08. The molecule has 106 valence electrons. The van der Waals surface area contributed by atoms with Crippen molar-refractivity contribution in [2.24, 2.45) is 0 Å². The van der Waals surface area contributed by atoms with Gasteiger partial charge in [-0.1, -0.05) is 6.07 Å². The number of carbonyl (C=O) groups excluding carboxylic acids is 3. The van der Waals surface area contributed by atoms with Gasteiger partial charge in [-0.05, 0) is 24.6 Å². The third kappa shape index (κ3) is 2.79. The Hall–Kier alpha value is -2.37. The summed E-state index contributed by atoms with van der Waals surface area (Å²) in [6.45, 7) is 2.10. The highest BCUT2D eigenvalue weighted by atomic mass is 16.5. The Morgan fingerprint density at radius 2 is 2.15 bits per heavy atom. The molecule has 1 aliphatic rings. The molecule has 0 saturated carbocycles. The lowest BCUT2D eigenvalue weighted by molar-refractivity contribution is -0.141. The van der Waals surface area contributed by atoms with E-state index in [4.69, 9.17) is 0 Å². The predicted octanol–water partition coefficient (Wildman–Crippen LogP) is 0.816. The monoisotopic (exact) mass is 276 g/mol. The van der Waals surface area contributed by atoms with E-state index in [-0.39, 0.29) is 18.4 Å². The smallest absolute Gasteiger partial charge is 0.325 e. The quantitative estimate of drug-likeness (QED) is 0.826. The molecule has 0 saturated heterocycles. The fourth-order valence-corrected chi connectivity index (χ4v) is 2.08. The summed E-state index contributed by atoms with van der Waals surface area (Å²) >= 11 is 0. The molecule has 0 fully saturated rings. The highest BCUT2D eigenvalue weighted by Gasteiger charge is 2.22. The van der Waals surface area contributed by atoms with Crippen LogP contribution in [0.15, 0.2) is 18.2 Å². The van der Waals surface area contributed by atoms with Crippen molar-refractivity contribution >= 4 is 23.5 Å². The SMILES string of the molecule is CCN(CC(=O)OC)C(=O)c1ccc2c(c1)NC(=O)C2. The van der Waals surface area contributed by atoms with Gasteiger partial charge < -0.3 is 15.0 Å². The summed E-state index contributed by atoms with van der Waals surface area (Å²) in [7, 11) is 1.28. The number of rotatable bonds is 4. The number of anilines is 1. The molecule has 1 aromatic carbocycles. The lowest BCUT2D eigenvalue weighted by Crippen LogP contribution is -2.36. The van der Waals surface area contributed by atoms with Gasteiger partial charge in [0.25, 0.3) is 5.91 Å². The molecular formula is C14H16N2O4. The molecule has 1 aromatic rings. The molecule has 0 radical (unpaired) electrons. The van der Waals surface area contributed by atoms with Gasteiger partial charge in [-0.2, -0.15) is 0 Å². The summed E-state index contributed by atoms with van der Waals surface area (Å²) in [5, 5.41) is 2.70. The maximum Gasteiger partial charge on any atom is 0.325 e. The Labute approximate surface area is 116 Å². The standard InChI is InChI=1S/C14H16N2O4/c1-3-16(8-13(18)20-2)14(19)10-5-4-9-7-12(17)15-11(9)6-10/h4-6H,3,7-8H2,1-2H3,(H,15,17). The van der Waals surface area contributed by atoms with Gasteiger partial charge in [0, 0.05) is 17.8 Å². The summed E-state index contributed by atoms with van der Waals surface area (Å²) in [4.78, 5) is 36.3. The summed E-state index contributed by atoms with van der Waals surface area (Å²) < 4.78 is 4.57. The van der Waals surface area contributed by atoms with Crippen LogP contribution >= 0.6 is 0 Å². The molecule has 1 N–H and O–H groups in total. The van der Waals surface area contributed by atoms with Gasteiger partial charge in [-0.15, -0.1) is 0 Å². The summed E-state index contributed by atoms with van der Waals surface area (Å²) in [6, 6.07) is 5.07. The largest absolute Gasteiger partial charge is 0.468 e. The van der Waals surface area contributed by atoms with Crippen LogP contribution in [0.1, 0.15) is 22.8 Å². The van der Waals surface area contributed by atoms with E-state index in [0.29, 0.717) is 24.2 Å². The highest BCUT2D eigenvalue weighted by Crippen LogP contribution is 2.24. The number of fused-ring (bicyclic) bond motifs is 1. The van der Waals surface area contributed by atoms with E-state index < -0.39 is 5.97 Å². The van der Waals surface area contributed by atoms with Gasteiger partial charge in [0.05, 0.1) is 13.5 Å². The second-order valence-corrected chi connectivity index (χ2v) is 4.49. The molecular weight excluding hydrogens is 260 g/mol. The number of hydrogen-bond donors (Lipinski definition) is 1. The Bertz CT molecular complexity index is 568. The first-order valence-electron chi connectivity index (χ1n) is 6.34. The third-order valence-electron chi connectivity index (χ3n) is 3.20. The first kappa shape index (κ1) is 14.0. The van der Waals surface area contributed by atoms with E-state index in [1.54, 1.807) is 25.1 Å². The number of esters is 1. The van der Waals surface area contributed by atoms with E-state index in [1.807, 2.05) is 0 Å². The van der Waals surface area contributed by atoms with Crippen LogP contribution in [0.2, 0.25) is 0 Å². The zero-order valence-corrected chi connectivity index (χ0v) is 11.4. The van der Waals surface area contributed by atoms with Crippen molar-refractivity contribution in [1.82, 2.24) is 4.90 Å². The Kier molecular flexibility index (Phi) is 4.02. The van der Waals surface area contributed by atoms with Crippen LogP contribution in [0.5, 0.6) is 0 Å². The molecule has 6 heteroatoms. The van der Waals surface area contributed by atoms with E-state index >= 15 is 0 Å². The predicted molar refractivity (Wildman–Crippen MR) is 72.4 cm³/mol. The second kappa shape index (κ2) is 5.73. The van der Waals surface area contributed by atoms with Gasteiger partial charge in [-0.3, -0.25) is 14.4 Å². The van der Waals surface area contributed by atoms with Crippen LogP contribution < -0.4 is 5.32 Å². The molecule has 2 rings (SSSR count). The van der Waals surface area contributed by atoms with Crippen LogP contribution in [0, 0.1) is 0 Å². The van der Waals surface area contributed by atoms with Crippen LogP contribution in [0.4, 0.5) is 5.69 Å². The minimum atomic E-state index is -0.463. The van der Waals surface area contributed by atoms with Gasteiger partial charge in [0.15, 0.2) is 0 Å². The Balaban J connectivity index is 2.18. The number of ether oxygens (including phenoxy) is 1. The number of amides is 2. The number of likely N-dealkylation sites (N-methyl/N-ethyl adjacent to an activating group) is 1. The number of benzene rings is 1. The number of nitrogens with one attached hydrogen (secondary N) is 1. The molecule has 0 aliphatic carbocycles. The summed E-state index contributed by atoms with van der Waals surface area (Å²) in [5.41, 5.74) is 1.98. The first-order chi connectivity index (χ1) is 9.55. The molecule has 0 aromatic heterocycles. The average Bonchev–Trinajstić information content (AvgIpc) is 2.82. The Morgan fingerprint density at radius 3 is 2.80 bits per heavy atom. The van der Waals surface area contributed by atoms with Gasteiger partial charge >= 0.3 is 5.97 Å². The van der Waals surface area contributed by atoms with Crippen molar-refractivity contribution in [3.63, 3.8) is 0 Å². The van der Waals surface area contributed by atoms with Crippen molar-refractivity contribution < 1.29 is 19.1 Å². The summed E-state index contributed by atoms with van der Waals surface area (Å²) in [6.07, 6.45) is 0.337. The molecule has 0 spiro atoms. The normalized spacial score (nSPS) is 12.6. The van der Waals surface area contributed by atoms with Crippen LogP contribution in [-0.2, 0) is 20.7 Å². The lowest BCUT2D eigenvalue weighted by atomic mass is 10.1. The zero-order chi connectivity index (χ0) is 14.7. The maximum absolute atomic E-state index is 12.3. The van der Waals surface area contributed by atoms with Crippen molar-refractivity contribution in [2.45, 2.75) is 13.3 Å². The molecule has 1 heterocycles. The number of hydrogen-bond acceptors (Lipinski definition) is 4. The third-order valence-corrected chi connectivity index (χ3v) is 3.20. The molecule has 20 heavy (non-hydrogen) atoms. The fraction of sp³-hybridized carbons (Fsp3) is 0.357. The van der Waals surface area contributed by atoms with E-state index in [2.05, 4.69) is 10.1 Å². The van der Waals surface area contributed by atoms with Gasteiger partial charge in [0.1, 0.15) is 6.54 Å². The lowest BCUT2D eigenvalue weighted by Gasteiger charge is -2.19. The van der Waals surface area contributed by atoms with Gasteiger partial charge in [0.2, 0.25) is 5.91 Å². The van der Waals surface area contributed by atoms with Crippen LogP contribution in [-0.4, -0.2) is 42.9 Å². The minimum Gasteiger partial charge on any atom is -0.468 e. The van der Waals surface area contributed by atoms with Crippen molar-refractivity contribution in [3.8, 4) is 0 Å². The van der Waals surface area contributed by atoms with Gasteiger partial charge in [-0.25, -0.2) is 0 Å². The van der Waals surface area contributed by atoms with Crippen LogP contribution in [0.25, 0.3) is 0 Å². The number of methoxy groups -OCH3 is 1. The molecule has 0 unspecified atom stereocenters. The summed E-state index contributed by atoms with van der Waals surface area (Å²) in [5.74, 6) is -0.803. The van der Waals surface area contributed by atoms with E-state index in [0.717, 1.165) is 5.56 Å². The Morgan fingerprint density at radius 1 is 1.40 bits per heavy atom. The zero-order valence-electron chi connectivity index (χ0n) is 11.4. The molecule has 2 amide bonds. The minimum absolute atomic E-state index is 0.0773.